The van der Waals surface area contributed by atoms with E-state index in [-0.39, 0.29) is 24.3 Å². The van der Waals surface area contributed by atoms with E-state index in [0.29, 0.717) is 10.9 Å². The van der Waals surface area contributed by atoms with E-state index in [4.69, 9.17) is 17.3 Å². The number of hydrogen-bond acceptors (Lipinski definition) is 1. The van der Waals surface area contributed by atoms with Crippen molar-refractivity contribution in [3.63, 3.8) is 0 Å². The SMILES string of the molecule is CC(C)CC[C@H](N)c1cc(F)cc(Cl)c1.Cl. The van der Waals surface area contributed by atoms with Crippen LogP contribution in [0.3, 0.4) is 0 Å². The van der Waals surface area contributed by atoms with Gasteiger partial charge in [0.15, 0.2) is 0 Å². The first-order valence-electron chi connectivity index (χ1n) is 5.20. The first kappa shape index (κ1) is 15.7. The lowest BCUT2D eigenvalue weighted by molar-refractivity contribution is 0.505. The van der Waals surface area contributed by atoms with Crippen molar-refractivity contribution >= 4 is 24.0 Å². The van der Waals surface area contributed by atoms with Crippen molar-refractivity contribution in [3.05, 3.63) is 34.6 Å². The third-order valence-corrected chi connectivity index (χ3v) is 2.59. The highest BCUT2D eigenvalue weighted by Gasteiger charge is 2.09. The third kappa shape index (κ3) is 5.15. The minimum atomic E-state index is -0.322. The van der Waals surface area contributed by atoms with E-state index in [1.165, 1.54) is 12.1 Å². The van der Waals surface area contributed by atoms with Crippen LogP contribution in [0.15, 0.2) is 18.2 Å². The Morgan fingerprint density at radius 3 is 2.38 bits per heavy atom. The molecular formula is C12H18Cl2FN. The molecule has 0 aliphatic rings. The highest BCUT2D eigenvalue weighted by Crippen LogP contribution is 2.22. The molecule has 16 heavy (non-hydrogen) atoms. The molecule has 92 valence electrons. The van der Waals surface area contributed by atoms with Crippen LogP contribution in [0.2, 0.25) is 5.02 Å². The molecule has 0 amide bonds. The third-order valence-electron chi connectivity index (χ3n) is 2.37. The van der Waals surface area contributed by atoms with Gasteiger partial charge in [-0.3, -0.25) is 0 Å². The number of benzene rings is 1. The molecule has 1 aromatic carbocycles. The standard InChI is InChI=1S/C12H17ClFN.ClH/c1-8(2)3-4-12(15)9-5-10(13)7-11(14)6-9;/h5-8,12H,3-4,15H2,1-2H3;1H/t12-;/m0./s1. The van der Waals surface area contributed by atoms with Crippen LogP contribution in [-0.4, -0.2) is 0 Å². The van der Waals surface area contributed by atoms with Gasteiger partial charge in [-0.1, -0.05) is 25.4 Å². The number of hydrogen-bond donors (Lipinski definition) is 1. The zero-order valence-electron chi connectivity index (χ0n) is 9.54. The molecule has 0 unspecified atom stereocenters. The maximum absolute atomic E-state index is 13.0. The normalized spacial score (nSPS) is 12.4. The number of nitrogens with two attached hydrogens (primary N) is 1. The molecule has 2 N–H and O–H groups in total. The minimum Gasteiger partial charge on any atom is -0.324 e. The van der Waals surface area contributed by atoms with Crippen LogP contribution >= 0.6 is 24.0 Å². The highest BCUT2D eigenvalue weighted by atomic mass is 35.5. The van der Waals surface area contributed by atoms with E-state index in [0.717, 1.165) is 18.4 Å². The van der Waals surface area contributed by atoms with E-state index < -0.39 is 0 Å². The van der Waals surface area contributed by atoms with E-state index >= 15 is 0 Å². The summed E-state index contributed by atoms with van der Waals surface area (Å²) >= 11 is 5.76. The fraction of sp³-hybridized carbons (Fsp3) is 0.500. The van der Waals surface area contributed by atoms with Crippen LogP contribution in [0.5, 0.6) is 0 Å². The first-order valence-corrected chi connectivity index (χ1v) is 5.58. The average molecular weight is 266 g/mol. The highest BCUT2D eigenvalue weighted by molar-refractivity contribution is 6.30. The van der Waals surface area contributed by atoms with Gasteiger partial charge in [0.1, 0.15) is 5.82 Å². The molecule has 0 saturated heterocycles. The van der Waals surface area contributed by atoms with Gasteiger partial charge < -0.3 is 5.73 Å². The molecule has 0 aromatic heterocycles. The van der Waals surface area contributed by atoms with Crippen LogP contribution < -0.4 is 5.73 Å². The monoisotopic (exact) mass is 265 g/mol. The van der Waals surface area contributed by atoms with Crippen molar-refractivity contribution in [2.45, 2.75) is 32.7 Å². The van der Waals surface area contributed by atoms with Crippen LogP contribution in [-0.2, 0) is 0 Å². The molecular weight excluding hydrogens is 248 g/mol. The Kier molecular flexibility index (Phi) is 6.96. The van der Waals surface area contributed by atoms with Gasteiger partial charge in [0.05, 0.1) is 0 Å². The van der Waals surface area contributed by atoms with Gasteiger partial charge in [0, 0.05) is 11.1 Å². The predicted octanol–water partition coefficient (Wildman–Crippen LogP) is 4.34. The average Bonchev–Trinajstić information content (AvgIpc) is 2.12. The maximum atomic E-state index is 13.0. The molecule has 0 spiro atoms. The van der Waals surface area contributed by atoms with Gasteiger partial charge >= 0.3 is 0 Å². The van der Waals surface area contributed by atoms with Gasteiger partial charge in [-0.15, -0.1) is 12.4 Å². The predicted molar refractivity (Wildman–Crippen MR) is 69.7 cm³/mol. The van der Waals surface area contributed by atoms with Crippen LogP contribution in [0, 0.1) is 11.7 Å². The van der Waals surface area contributed by atoms with Crippen molar-refractivity contribution in [3.8, 4) is 0 Å². The Morgan fingerprint density at radius 2 is 1.88 bits per heavy atom. The Labute approximate surface area is 108 Å². The summed E-state index contributed by atoms with van der Waals surface area (Å²) in [6.45, 7) is 4.29. The lowest BCUT2D eigenvalue weighted by Gasteiger charge is -2.13. The Morgan fingerprint density at radius 1 is 1.25 bits per heavy atom. The lowest BCUT2D eigenvalue weighted by Crippen LogP contribution is -2.11. The summed E-state index contributed by atoms with van der Waals surface area (Å²) < 4.78 is 13.0. The van der Waals surface area contributed by atoms with Gasteiger partial charge in [-0.25, -0.2) is 4.39 Å². The molecule has 0 heterocycles. The van der Waals surface area contributed by atoms with E-state index in [1.54, 1.807) is 6.07 Å². The second-order valence-corrected chi connectivity index (χ2v) is 4.72. The number of halogens is 3. The second kappa shape index (κ2) is 7.10. The summed E-state index contributed by atoms with van der Waals surface area (Å²) in [6, 6.07) is 4.35. The molecule has 0 aliphatic heterocycles. The van der Waals surface area contributed by atoms with Gasteiger partial charge in [-0.2, -0.15) is 0 Å². The summed E-state index contributed by atoms with van der Waals surface area (Å²) in [5, 5.41) is 0.407. The fourth-order valence-corrected chi connectivity index (χ4v) is 1.70. The number of rotatable bonds is 4. The smallest absolute Gasteiger partial charge is 0.125 e. The molecule has 0 saturated carbocycles. The largest absolute Gasteiger partial charge is 0.324 e. The van der Waals surface area contributed by atoms with Crippen molar-refractivity contribution < 1.29 is 4.39 Å². The molecule has 1 atom stereocenters. The van der Waals surface area contributed by atoms with E-state index in [2.05, 4.69) is 13.8 Å². The van der Waals surface area contributed by atoms with Gasteiger partial charge in [0.25, 0.3) is 0 Å². The second-order valence-electron chi connectivity index (χ2n) is 4.28. The Bertz CT molecular complexity index is 309. The fourth-order valence-electron chi connectivity index (χ4n) is 1.47. The Hall–Kier alpha value is -0.310. The first-order chi connectivity index (χ1) is 6.99. The van der Waals surface area contributed by atoms with E-state index in [9.17, 15) is 4.39 Å². The molecule has 1 aromatic rings. The molecule has 4 heteroatoms. The van der Waals surface area contributed by atoms with Crippen LogP contribution in [0.25, 0.3) is 0 Å². The zero-order chi connectivity index (χ0) is 11.4. The zero-order valence-corrected chi connectivity index (χ0v) is 11.1. The van der Waals surface area contributed by atoms with Crippen molar-refractivity contribution in [1.29, 1.82) is 0 Å². The molecule has 0 radical (unpaired) electrons. The molecule has 0 aliphatic carbocycles. The molecule has 0 bridgehead atoms. The Balaban J connectivity index is 0.00000225. The topological polar surface area (TPSA) is 26.0 Å². The summed E-state index contributed by atoms with van der Waals surface area (Å²) in [7, 11) is 0. The lowest BCUT2D eigenvalue weighted by atomic mass is 9.98. The summed E-state index contributed by atoms with van der Waals surface area (Å²) in [6.07, 6.45) is 1.90. The van der Waals surface area contributed by atoms with Gasteiger partial charge in [-0.05, 0) is 42.5 Å². The molecule has 1 nitrogen and oxygen atoms in total. The van der Waals surface area contributed by atoms with Crippen molar-refractivity contribution in [1.82, 2.24) is 0 Å². The minimum absolute atomic E-state index is 0. The van der Waals surface area contributed by atoms with Crippen LogP contribution in [0.1, 0.15) is 38.3 Å². The summed E-state index contributed by atoms with van der Waals surface area (Å²) in [5.41, 5.74) is 6.73. The molecule has 1 rings (SSSR count). The van der Waals surface area contributed by atoms with Crippen LogP contribution in [0.4, 0.5) is 4.39 Å². The van der Waals surface area contributed by atoms with Crippen molar-refractivity contribution in [2.75, 3.05) is 0 Å². The quantitative estimate of drug-likeness (QED) is 0.862. The molecule has 0 fully saturated rings. The summed E-state index contributed by atoms with van der Waals surface area (Å²) in [4.78, 5) is 0. The van der Waals surface area contributed by atoms with Gasteiger partial charge in [0.2, 0.25) is 0 Å². The maximum Gasteiger partial charge on any atom is 0.125 e. The summed E-state index contributed by atoms with van der Waals surface area (Å²) in [5.74, 6) is 0.289. The van der Waals surface area contributed by atoms with E-state index in [1.807, 2.05) is 0 Å². The van der Waals surface area contributed by atoms with Crippen molar-refractivity contribution in [2.24, 2.45) is 11.7 Å².